The number of esters is 1. The van der Waals surface area contributed by atoms with Gasteiger partial charge in [-0.15, -0.1) is 0 Å². The van der Waals surface area contributed by atoms with E-state index in [0.29, 0.717) is 16.3 Å². The second-order valence-corrected chi connectivity index (χ2v) is 5.44. The maximum absolute atomic E-state index is 12.0. The fourth-order valence-electron chi connectivity index (χ4n) is 2.15. The predicted octanol–water partition coefficient (Wildman–Crippen LogP) is 4.16. The SMILES string of the molecule is COc1ccc(C2=N/C(=C\C(Cl)=C\c3ccccc3)C(=O)O2)cc1. The number of methoxy groups -OCH3 is 1. The lowest BCUT2D eigenvalue weighted by Crippen LogP contribution is -2.05. The van der Waals surface area contributed by atoms with E-state index in [4.69, 9.17) is 21.1 Å². The maximum atomic E-state index is 12.0. The number of carbonyl (C=O) groups excluding carboxylic acids is 1. The van der Waals surface area contributed by atoms with Crippen molar-refractivity contribution in [3.8, 4) is 5.75 Å². The minimum atomic E-state index is -0.527. The van der Waals surface area contributed by atoms with Gasteiger partial charge in [-0.3, -0.25) is 0 Å². The molecular weight excluding hydrogens is 326 g/mol. The Morgan fingerprint density at radius 3 is 2.50 bits per heavy atom. The maximum Gasteiger partial charge on any atom is 0.363 e. The lowest BCUT2D eigenvalue weighted by molar-refractivity contribution is -0.130. The van der Waals surface area contributed by atoms with Gasteiger partial charge in [0.15, 0.2) is 5.70 Å². The van der Waals surface area contributed by atoms with Crippen LogP contribution < -0.4 is 4.74 Å². The van der Waals surface area contributed by atoms with Gasteiger partial charge in [0.1, 0.15) is 5.75 Å². The van der Waals surface area contributed by atoms with Gasteiger partial charge >= 0.3 is 5.97 Å². The van der Waals surface area contributed by atoms with Crippen molar-refractivity contribution in [3.05, 3.63) is 82.5 Å². The molecular formula is C19H14ClNO3. The summed E-state index contributed by atoms with van der Waals surface area (Å²) in [5.74, 6) is 0.437. The summed E-state index contributed by atoms with van der Waals surface area (Å²) >= 11 is 6.19. The molecule has 5 heteroatoms. The van der Waals surface area contributed by atoms with Gasteiger partial charge in [-0.2, -0.15) is 0 Å². The number of ether oxygens (including phenoxy) is 2. The van der Waals surface area contributed by atoms with Crippen molar-refractivity contribution >= 4 is 29.5 Å². The molecule has 0 spiro atoms. The van der Waals surface area contributed by atoms with E-state index < -0.39 is 5.97 Å². The molecule has 0 bridgehead atoms. The molecule has 0 aromatic heterocycles. The molecule has 3 rings (SSSR count). The summed E-state index contributed by atoms with van der Waals surface area (Å²) in [6.45, 7) is 0. The standard InChI is InChI=1S/C19H14ClNO3/c1-23-16-9-7-14(8-10-16)18-21-17(19(22)24-18)12-15(20)11-13-5-3-2-4-6-13/h2-12H,1H3/b15-11-,17-12-. The van der Waals surface area contributed by atoms with Crippen LogP contribution in [0.3, 0.4) is 0 Å². The van der Waals surface area contributed by atoms with E-state index in [-0.39, 0.29) is 11.6 Å². The summed E-state index contributed by atoms with van der Waals surface area (Å²) in [5.41, 5.74) is 1.79. The Balaban J connectivity index is 1.84. The van der Waals surface area contributed by atoms with Crippen molar-refractivity contribution < 1.29 is 14.3 Å². The number of nitrogens with zero attached hydrogens (tertiary/aromatic N) is 1. The summed E-state index contributed by atoms with van der Waals surface area (Å²) in [6, 6.07) is 16.7. The highest BCUT2D eigenvalue weighted by Gasteiger charge is 2.24. The highest BCUT2D eigenvalue weighted by Crippen LogP contribution is 2.21. The fraction of sp³-hybridized carbons (Fsp3) is 0.0526. The average molecular weight is 340 g/mol. The quantitative estimate of drug-likeness (QED) is 0.620. The van der Waals surface area contributed by atoms with Gasteiger partial charge < -0.3 is 9.47 Å². The van der Waals surface area contributed by atoms with Crippen LogP contribution in [0.4, 0.5) is 0 Å². The summed E-state index contributed by atoms with van der Waals surface area (Å²) in [4.78, 5) is 16.2. The molecule has 2 aromatic carbocycles. The normalized spacial score (nSPS) is 16.1. The van der Waals surface area contributed by atoms with Crippen LogP contribution in [0, 0.1) is 0 Å². The number of allylic oxidation sites excluding steroid dienone is 2. The van der Waals surface area contributed by atoms with E-state index in [1.807, 2.05) is 30.3 Å². The zero-order valence-electron chi connectivity index (χ0n) is 12.9. The molecule has 0 atom stereocenters. The van der Waals surface area contributed by atoms with Gasteiger partial charge in [0.2, 0.25) is 5.90 Å². The minimum absolute atomic E-state index is 0.165. The molecule has 0 N–H and O–H groups in total. The largest absolute Gasteiger partial charge is 0.497 e. The molecule has 4 nitrogen and oxygen atoms in total. The molecule has 2 aromatic rings. The lowest BCUT2D eigenvalue weighted by Gasteiger charge is -2.01. The Kier molecular flexibility index (Phi) is 4.77. The number of carbonyl (C=O) groups is 1. The van der Waals surface area contributed by atoms with Gasteiger partial charge in [-0.05, 0) is 42.0 Å². The Morgan fingerprint density at radius 2 is 1.83 bits per heavy atom. The number of rotatable bonds is 4. The van der Waals surface area contributed by atoms with Crippen molar-refractivity contribution in [2.45, 2.75) is 0 Å². The first kappa shape index (κ1) is 16.0. The second kappa shape index (κ2) is 7.15. The van der Waals surface area contributed by atoms with Gasteiger partial charge in [-0.25, -0.2) is 9.79 Å². The minimum Gasteiger partial charge on any atom is -0.497 e. The smallest absolute Gasteiger partial charge is 0.363 e. The van der Waals surface area contributed by atoms with E-state index in [0.717, 1.165) is 5.56 Å². The molecule has 0 saturated heterocycles. The van der Waals surface area contributed by atoms with Gasteiger partial charge in [0.05, 0.1) is 7.11 Å². The van der Waals surface area contributed by atoms with Crippen LogP contribution in [0.1, 0.15) is 11.1 Å². The number of hydrogen-bond acceptors (Lipinski definition) is 4. The topological polar surface area (TPSA) is 47.9 Å². The van der Waals surface area contributed by atoms with Crippen molar-refractivity contribution in [3.63, 3.8) is 0 Å². The van der Waals surface area contributed by atoms with E-state index >= 15 is 0 Å². The first-order valence-corrected chi connectivity index (χ1v) is 7.63. The third kappa shape index (κ3) is 3.73. The average Bonchev–Trinajstić information content (AvgIpc) is 2.96. The molecule has 0 aliphatic carbocycles. The van der Waals surface area contributed by atoms with Crippen molar-refractivity contribution in [2.24, 2.45) is 4.99 Å². The van der Waals surface area contributed by atoms with Crippen LogP contribution in [-0.2, 0) is 9.53 Å². The van der Waals surface area contributed by atoms with Crippen LogP contribution in [0.15, 0.2) is 76.4 Å². The van der Waals surface area contributed by atoms with Crippen molar-refractivity contribution in [1.82, 2.24) is 0 Å². The van der Waals surface area contributed by atoms with Crippen LogP contribution in [-0.4, -0.2) is 19.0 Å². The number of aliphatic imine (C=N–C) groups is 1. The Hall–Kier alpha value is -2.85. The van der Waals surface area contributed by atoms with E-state index in [1.165, 1.54) is 6.08 Å². The summed E-state index contributed by atoms with van der Waals surface area (Å²) < 4.78 is 10.3. The first-order chi connectivity index (χ1) is 11.7. The Bertz CT molecular complexity index is 837. The summed E-state index contributed by atoms with van der Waals surface area (Å²) in [7, 11) is 1.59. The third-order valence-electron chi connectivity index (χ3n) is 3.34. The first-order valence-electron chi connectivity index (χ1n) is 7.25. The monoisotopic (exact) mass is 339 g/mol. The lowest BCUT2D eigenvalue weighted by atomic mass is 10.2. The zero-order chi connectivity index (χ0) is 16.9. The van der Waals surface area contributed by atoms with Crippen molar-refractivity contribution in [2.75, 3.05) is 7.11 Å². The van der Waals surface area contributed by atoms with Crippen LogP contribution in [0.2, 0.25) is 0 Å². The molecule has 0 saturated carbocycles. The molecule has 0 fully saturated rings. The Labute approximate surface area is 144 Å². The van der Waals surface area contributed by atoms with Crippen molar-refractivity contribution in [1.29, 1.82) is 0 Å². The van der Waals surface area contributed by atoms with E-state index in [9.17, 15) is 4.79 Å². The highest BCUT2D eigenvalue weighted by atomic mass is 35.5. The van der Waals surface area contributed by atoms with Crippen LogP contribution in [0.25, 0.3) is 6.08 Å². The molecule has 0 amide bonds. The molecule has 1 heterocycles. The molecule has 0 radical (unpaired) electrons. The van der Waals surface area contributed by atoms with E-state index in [1.54, 1.807) is 37.5 Å². The molecule has 1 aliphatic rings. The van der Waals surface area contributed by atoms with Gasteiger partial charge in [0, 0.05) is 10.6 Å². The fourth-order valence-corrected chi connectivity index (χ4v) is 2.38. The number of hydrogen-bond donors (Lipinski definition) is 0. The van der Waals surface area contributed by atoms with Gasteiger partial charge in [0.25, 0.3) is 0 Å². The Morgan fingerprint density at radius 1 is 1.12 bits per heavy atom. The molecule has 0 unspecified atom stereocenters. The number of cyclic esters (lactones) is 1. The molecule has 120 valence electrons. The molecule has 1 aliphatic heterocycles. The highest BCUT2D eigenvalue weighted by molar-refractivity contribution is 6.33. The second-order valence-electron chi connectivity index (χ2n) is 5.00. The predicted molar refractivity (Wildman–Crippen MR) is 94.0 cm³/mol. The summed E-state index contributed by atoms with van der Waals surface area (Å²) in [6.07, 6.45) is 3.25. The molecule has 24 heavy (non-hydrogen) atoms. The number of benzene rings is 2. The van der Waals surface area contributed by atoms with Crippen LogP contribution >= 0.6 is 11.6 Å². The third-order valence-corrected chi connectivity index (χ3v) is 3.55. The van der Waals surface area contributed by atoms with Crippen LogP contribution in [0.5, 0.6) is 5.75 Å². The zero-order valence-corrected chi connectivity index (χ0v) is 13.7. The number of halogens is 1. The summed E-state index contributed by atoms with van der Waals surface area (Å²) in [5, 5.41) is 0.396. The van der Waals surface area contributed by atoms with E-state index in [2.05, 4.69) is 4.99 Å². The van der Waals surface area contributed by atoms with Gasteiger partial charge in [-0.1, -0.05) is 41.9 Å².